The van der Waals surface area contributed by atoms with Crippen LogP contribution in [0.3, 0.4) is 0 Å². The molecule has 3 atom stereocenters. The highest BCUT2D eigenvalue weighted by molar-refractivity contribution is 5.34. The van der Waals surface area contributed by atoms with Gasteiger partial charge in [-0.05, 0) is 37.8 Å². The number of hydrogen-bond donors (Lipinski definition) is 2. The first-order valence-electron chi connectivity index (χ1n) is 5.79. The fourth-order valence-electron chi connectivity index (χ4n) is 2.00. The van der Waals surface area contributed by atoms with E-state index in [1.54, 1.807) is 6.07 Å². The molecule has 0 aromatic heterocycles. The lowest BCUT2D eigenvalue weighted by Crippen LogP contribution is -2.21. The van der Waals surface area contributed by atoms with Crippen LogP contribution in [-0.4, -0.2) is 11.7 Å². The number of halogens is 1. The summed E-state index contributed by atoms with van der Waals surface area (Å²) in [5.74, 6) is 1.22. The zero-order valence-electron chi connectivity index (χ0n) is 9.70. The molecule has 3 heteroatoms. The van der Waals surface area contributed by atoms with E-state index in [0.717, 1.165) is 30.0 Å². The van der Waals surface area contributed by atoms with Gasteiger partial charge in [-0.15, -0.1) is 0 Å². The first-order chi connectivity index (χ1) is 7.58. The van der Waals surface area contributed by atoms with Crippen molar-refractivity contribution < 1.29 is 9.50 Å². The third-order valence-electron chi connectivity index (χ3n) is 3.42. The van der Waals surface area contributed by atoms with Crippen LogP contribution in [0, 0.1) is 17.7 Å². The Hall–Kier alpha value is -1.09. The minimum Gasteiger partial charge on any atom is -0.508 e. The number of phenolic OH excluding ortho intramolecular Hbond substituents is 1. The summed E-state index contributed by atoms with van der Waals surface area (Å²) in [6.07, 6.45) is 1.29. The van der Waals surface area contributed by atoms with Crippen molar-refractivity contribution in [1.29, 1.82) is 0 Å². The van der Waals surface area contributed by atoms with Gasteiger partial charge < -0.3 is 10.4 Å². The molecule has 0 spiro atoms. The van der Waals surface area contributed by atoms with Gasteiger partial charge in [0.15, 0.2) is 0 Å². The van der Waals surface area contributed by atoms with Gasteiger partial charge in [0.1, 0.15) is 11.6 Å². The van der Waals surface area contributed by atoms with Gasteiger partial charge in [-0.2, -0.15) is 0 Å². The molecule has 0 saturated heterocycles. The molecule has 1 aliphatic carbocycles. The van der Waals surface area contributed by atoms with Crippen molar-refractivity contribution in [1.82, 2.24) is 5.32 Å². The Morgan fingerprint density at radius 3 is 2.81 bits per heavy atom. The molecular formula is C13H18FNO. The predicted octanol–water partition coefficient (Wildman–Crippen LogP) is 2.84. The molecule has 1 aromatic rings. The van der Waals surface area contributed by atoms with E-state index < -0.39 is 5.82 Å². The van der Waals surface area contributed by atoms with Crippen molar-refractivity contribution in [3.63, 3.8) is 0 Å². The van der Waals surface area contributed by atoms with Crippen molar-refractivity contribution in [2.45, 2.75) is 26.3 Å². The van der Waals surface area contributed by atoms with Crippen molar-refractivity contribution in [3.05, 3.63) is 29.6 Å². The summed E-state index contributed by atoms with van der Waals surface area (Å²) >= 11 is 0. The normalized spacial score (nSPS) is 25.4. The van der Waals surface area contributed by atoms with Gasteiger partial charge in [-0.25, -0.2) is 4.39 Å². The van der Waals surface area contributed by atoms with E-state index in [9.17, 15) is 9.50 Å². The van der Waals surface area contributed by atoms with Gasteiger partial charge >= 0.3 is 0 Å². The fraction of sp³-hybridized carbons (Fsp3) is 0.538. The van der Waals surface area contributed by atoms with Gasteiger partial charge in [0.05, 0.1) is 0 Å². The zero-order chi connectivity index (χ0) is 11.7. The van der Waals surface area contributed by atoms with Crippen LogP contribution in [0.5, 0.6) is 5.75 Å². The van der Waals surface area contributed by atoms with E-state index in [1.807, 2.05) is 6.92 Å². The van der Waals surface area contributed by atoms with Crippen LogP contribution in [-0.2, 0) is 0 Å². The second-order valence-electron chi connectivity index (χ2n) is 4.81. The van der Waals surface area contributed by atoms with Gasteiger partial charge in [0.2, 0.25) is 0 Å². The largest absolute Gasteiger partial charge is 0.508 e. The van der Waals surface area contributed by atoms with Crippen molar-refractivity contribution >= 4 is 0 Å². The summed E-state index contributed by atoms with van der Waals surface area (Å²) in [5, 5.41) is 13.0. The SMILES string of the molecule is CC(NCC1CC1C)c1ccc(F)cc1O. The fourth-order valence-corrected chi connectivity index (χ4v) is 2.00. The van der Waals surface area contributed by atoms with E-state index in [0.29, 0.717) is 0 Å². The number of rotatable bonds is 4. The lowest BCUT2D eigenvalue weighted by atomic mass is 10.1. The molecule has 1 saturated carbocycles. The number of nitrogens with one attached hydrogen (secondary N) is 1. The molecule has 0 amide bonds. The van der Waals surface area contributed by atoms with Crippen molar-refractivity contribution in [2.75, 3.05) is 6.54 Å². The Morgan fingerprint density at radius 2 is 2.25 bits per heavy atom. The minimum atomic E-state index is -0.399. The smallest absolute Gasteiger partial charge is 0.126 e. The van der Waals surface area contributed by atoms with Crippen LogP contribution in [0.4, 0.5) is 4.39 Å². The van der Waals surface area contributed by atoms with Crippen LogP contribution in [0.25, 0.3) is 0 Å². The highest BCUT2D eigenvalue weighted by Crippen LogP contribution is 2.37. The summed E-state index contributed by atoms with van der Waals surface area (Å²) in [7, 11) is 0. The average molecular weight is 223 g/mol. The highest BCUT2D eigenvalue weighted by atomic mass is 19.1. The summed E-state index contributed by atoms with van der Waals surface area (Å²) < 4.78 is 12.8. The monoisotopic (exact) mass is 223 g/mol. The summed E-state index contributed by atoms with van der Waals surface area (Å²) in [6.45, 7) is 5.20. The predicted molar refractivity (Wildman–Crippen MR) is 61.8 cm³/mol. The average Bonchev–Trinajstić information content (AvgIpc) is 2.91. The quantitative estimate of drug-likeness (QED) is 0.822. The molecule has 88 valence electrons. The second kappa shape index (κ2) is 4.42. The first-order valence-corrected chi connectivity index (χ1v) is 5.79. The maximum atomic E-state index is 12.8. The Balaban J connectivity index is 1.94. The molecule has 0 heterocycles. The van der Waals surface area contributed by atoms with Crippen LogP contribution in [0.15, 0.2) is 18.2 Å². The number of benzene rings is 1. The van der Waals surface area contributed by atoms with Crippen molar-refractivity contribution in [3.8, 4) is 5.75 Å². The molecule has 3 unspecified atom stereocenters. The second-order valence-corrected chi connectivity index (χ2v) is 4.81. The van der Waals surface area contributed by atoms with Gasteiger partial charge in [0.25, 0.3) is 0 Å². The number of aromatic hydroxyl groups is 1. The standard InChI is InChI=1S/C13H18FNO/c1-8-5-10(8)7-15-9(2)12-4-3-11(14)6-13(12)16/h3-4,6,8-10,15-16H,5,7H2,1-2H3. The van der Waals surface area contributed by atoms with Crippen molar-refractivity contribution in [2.24, 2.45) is 11.8 Å². The lowest BCUT2D eigenvalue weighted by Gasteiger charge is -2.15. The molecule has 0 radical (unpaired) electrons. The van der Waals surface area contributed by atoms with E-state index in [-0.39, 0.29) is 11.8 Å². The van der Waals surface area contributed by atoms with Crippen LogP contribution >= 0.6 is 0 Å². The first kappa shape index (κ1) is 11.4. The topological polar surface area (TPSA) is 32.3 Å². The maximum Gasteiger partial charge on any atom is 0.126 e. The van der Waals surface area contributed by atoms with Crippen LogP contribution < -0.4 is 5.32 Å². The van der Waals surface area contributed by atoms with E-state index in [4.69, 9.17) is 0 Å². The van der Waals surface area contributed by atoms with E-state index in [1.165, 1.54) is 12.5 Å². The molecule has 0 bridgehead atoms. The Labute approximate surface area is 95.5 Å². The highest BCUT2D eigenvalue weighted by Gasteiger charge is 2.32. The number of phenols is 1. The minimum absolute atomic E-state index is 0.0313. The molecule has 16 heavy (non-hydrogen) atoms. The molecule has 0 aliphatic heterocycles. The van der Waals surface area contributed by atoms with E-state index in [2.05, 4.69) is 12.2 Å². The molecule has 2 rings (SSSR count). The molecule has 1 aliphatic rings. The zero-order valence-corrected chi connectivity index (χ0v) is 9.70. The Bertz CT molecular complexity index is 380. The Kier molecular flexibility index (Phi) is 3.15. The van der Waals surface area contributed by atoms with Gasteiger partial charge in [-0.3, -0.25) is 0 Å². The third kappa shape index (κ3) is 2.53. The van der Waals surface area contributed by atoms with Gasteiger partial charge in [0, 0.05) is 17.7 Å². The van der Waals surface area contributed by atoms with Crippen LogP contribution in [0.1, 0.15) is 31.9 Å². The Morgan fingerprint density at radius 1 is 1.56 bits per heavy atom. The molecular weight excluding hydrogens is 205 g/mol. The molecule has 2 nitrogen and oxygen atoms in total. The lowest BCUT2D eigenvalue weighted by molar-refractivity contribution is 0.444. The van der Waals surface area contributed by atoms with Gasteiger partial charge in [-0.1, -0.05) is 13.0 Å². The number of hydrogen-bond acceptors (Lipinski definition) is 2. The third-order valence-corrected chi connectivity index (χ3v) is 3.42. The summed E-state index contributed by atoms with van der Waals surface area (Å²) in [5.41, 5.74) is 0.759. The van der Waals surface area contributed by atoms with Crippen LogP contribution in [0.2, 0.25) is 0 Å². The maximum absolute atomic E-state index is 12.8. The summed E-state index contributed by atoms with van der Waals surface area (Å²) in [4.78, 5) is 0. The molecule has 2 N–H and O–H groups in total. The van der Waals surface area contributed by atoms with E-state index >= 15 is 0 Å². The summed E-state index contributed by atoms with van der Waals surface area (Å²) in [6, 6.07) is 4.24. The molecule has 1 fully saturated rings. The molecule has 1 aromatic carbocycles.